The number of rotatable bonds is 2. The molecule has 0 aliphatic heterocycles. The molecule has 2 heterocycles. The Morgan fingerprint density at radius 3 is 2.88 bits per heavy atom. The Labute approximate surface area is 112 Å². The lowest BCUT2D eigenvalue weighted by Crippen LogP contribution is -2.16. The Hall–Kier alpha value is -1.24. The molecule has 1 saturated carbocycles. The molecule has 17 heavy (non-hydrogen) atoms. The fraction of sp³-hybridized carbons (Fsp3) is 0.250. The van der Waals surface area contributed by atoms with Gasteiger partial charge in [0.1, 0.15) is 5.82 Å². The zero-order chi connectivity index (χ0) is 11.8. The standard InChI is InChI=1S/C12H10IN3O/c13-9-10(7-3-4-7)15-11(16-12(9)17)8-2-1-5-14-6-8/h1-2,5-7H,3-4H2,(H,15,16,17). The number of hydrogen-bond acceptors (Lipinski definition) is 3. The van der Waals surface area contributed by atoms with Gasteiger partial charge in [-0.2, -0.15) is 0 Å². The second-order valence-corrected chi connectivity index (χ2v) is 5.21. The van der Waals surface area contributed by atoms with Crippen molar-refractivity contribution < 1.29 is 0 Å². The van der Waals surface area contributed by atoms with Crippen LogP contribution in [0.5, 0.6) is 0 Å². The van der Waals surface area contributed by atoms with Crippen LogP contribution in [0, 0.1) is 3.57 Å². The first-order valence-corrected chi connectivity index (χ1v) is 6.53. The van der Waals surface area contributed by atoms with Crippen molar-refractivity contribution in [2.45, 2.75) is 18.8 Å². The van der Waals surface area contributed by atoms with Crippen LogP contribution in [0.25, 0.3) is 11.4 Å². The van der Waals surface area contributed by atoms with Crippen LogP contribution in [-0.4, -0.2) is 15.0 Å². The average molecular weight is 339 g/mol. The zero-order valence-electron chi connectivity index (χ0n) is 8.98. The highest BCUT2D eigenvalue weighted by Gasteiger charge is 2.28. The Morgan fingerprint density at radius 2 is 2.24 bits per heavy atom. The molecule has 0 unspecified atom stereocenters. The number of pyridine rings is 1. The molecule has 0 aromatic carbocycles. The normalized spacial score (nSPS) is 14.9. The fourth-order valence-electron chi connectivity index (χ4n) is 1.74. The molecule has 2 aromatic heterocycles. The van der Waals surface area contributed by atoms with E-state index in [4.69, 9.17) is 0 Å². The van der Waals surface area contributed by atoms with Crippen LogP contribution < -0.4 is 5.56 Å². The van der Waals surface area contributed by atoms with Gasteiger partial charge in [-0.25, -0.2) is 4.98 Å². The predicted octanol–water partition coefficient (Wildman–Crippen LogP) is 2.31. The van der Waals surface area contributed by atoms with Crippen molar-refractivity contribution in [1.82, 2.24) is 15.0 Å². The number of H-pyrrole nitrogens is 1. The fourth-order valence-corrected chi connectivity index (χ4v) is 2.44. The molecule has 4 nitrogen and oxygen atoms in total. The van der Waals surface area contributed by atoms with Gasteiger partial charge in [-0.15, -0.1) is 0 Å². The van der Waals surface area contributed by atoms with Gasteiger partial charge < -0.3 is 4.98 Å². The van der Waals surface area contributed by atoms with E-state index >= 15 is 0 Å². The molecular formula is C12H10IN3O. The van der Waals surface area contributed by atoms with E-state index in [1.807, 2.05) is 12.1 Å². The summed E-state index contributed by atoms with van der Waals surface area (Å²) >= 11 is 2.07. The van der Waals surface area contributed by atoms with Gasteiger partial charge in [-0.3, -0.25) is 9.78 Å². The van der Waals surface area contributed by atoms with Crippen molar-refractivity contribution in [3.05, 3.63) is 44.1 Å². The first kappa shape index (κ1) is 10.9. The molecule has 0 saturated heterocycles. The Kier molecular flexibility index (Phi) is 2.70. The molecule has 3 rings (SSSR count). The van der Waals surface area contributed by atoms with E-state index in [2.05, 4.69) is 37.5 Å². The average Bonchev–Trinajstić information content (AvgIpc) is 3.18. The minimum Gasteiger partial charge on any atom is -0.306 e. The minimum atomic E-state index is -0.0543. The van der Waals surface area contributed by atoms with Crippen molar-refractivity contribution in [2.24, 2.45) is 0 Å². The number of nitrogens with zero attached hydrogens (tertiary/aromatic N) is 2. The van der Waals surface area contributed by atoms with Gasteiger partial charge in [0.05, 0.1) is 9.26 Å². The molecule has 0 bridgehead atoms. The smallest absolute Gasteiger partial charge is 0.264 e. The van der Waals surface area contributed by atoms with Crippen LogP contribution in [0.2, 0.25) is 0 Å². The Balaban J connectivity index is 2.15. The molecule has 1 aliphatic rings. The van der Waals surface area contributed by atoms with Crippen molar-refractivity contribution in [1.29, 1.82) is 0 Å². The molecular weight excluding hydrogens is 329 g/mol. The van der Waals surface area contributed by atoms with E-state index < -0.39 is 0 Å². The van der Waals surface area contributed by atoms with Gasteiger partial charge in [0, 0.05) is 23.9 Å². The lowest BCUT2D eigenvalue weighted by Gasteiger charge is -2.05. The maximum atomic E-state index is 11.8. The Bertz CT molecular complexity index is 605. The second kappa shape index (κ2) is 4.21. The summed E-state index contributed by atoms with van der Waals surface area (Å²) in [5.74, 6) is 1.09. The van der Waals surface area contributed by atoms with Crippen molar-refractivity contribution >= 4 is 22.6 Å². The third-order valence-electron chi connectivity index (χ3n) is 2.79. The minimum absolute atomic E-state index is 0.0543. The number of aromatic nitrogens is 3. The highest BCUT2D eigenvalue weighted by atomic mass is 127. The second-order valence-electron chi connectivity index (χ2n) is 4.13. The maximum absolute atomic E-state index is 11.8. The number of aromatic amines is 1. The van der Waals surface area contributed by atoms with E-state index in [0.717, 1.165) is 27.7 Å². The number of halogens is 1. The summed E-state index contributed by atoms with van der Waals surface area (Å²) in [7, 11) is 0. The lowest BCUT2D eigenvalue weighted by molar-refractivity contribution is 0.957. The van der Waals surface area contributed by atoms with Crippen LogP contribution >= 0.6 is 22.6 Å². The summed E-state index contributed by atoms with van der Waals surface area (Å²) < 4.78 is 0.720. The monoisotopic (exact) mass is 339 g/mol. The summed E-state index contributed by atoms with van der Waals surface area (Å²) in [6, 6.07) is 3.74. The molecule has 0 amide bonds. The quantitative estimate of drug-likeness (QED) is 0.855. The summed E-state index contributed by atoms with van der Waals surface area (Å²) in [6.07, 6.45) is 5.69. The van der Waals surface area contributed by atoms with Gasteiger partial charge >= 0.3 is 0 Å². The highest BCUT2D eigenvalue weighted by Crippen LogP contribution is 2.40. The van der Waals surface area contributed by atoms with Gasteiger partial charge in [0.2, 0.25) is 0 Å². The summed E-state index contributed by atoms with van der Waals surface area (Å²) in [6.45, 7) is 0. The van der Waals surface area contributed by atoms with Gasteiger partial charge in [0.25, 0.3) is 5.56 Å². The molecule has 0 radical (unpaired) electrons. The van der Waals surface area contributed by atoms with Crippen LogP contribution in [0.15, 0.2) is 29.3 Å². The summed E-state index contributed by atoms with van der Waals surface area (Å²) in [5, 5.41) is 0. The SMILES string of the molecule is O=c1[nH]c(-c2cccnc2)nc(C2CC2)c1I. The van der Waals surface area contributed by atoms with Crippen LogP contribution in [0.3, 0.4) is 0 Å². The van der Waals surface area contributed by atoms with Gasteiger partial charge in [-0.1, -0.05) is 0 Å². The van der Waals surface area contributed by atoms with Crippen LogP contribution in [-0.2, 0) is 0 Å². The molecule has 5 heteroatoms. The molecule has 86 valence electrons. The van der Waals surface area contributed by atoms with Crippen LogP contribution in [0.1, 0.15) is 24.5 Å². The molecule has 2 aromatic rings. The van der Waals surface area contributed by atoms with Crippen molar-refractivity contribution in [2.75, 3.05) is 0 Å². The van der Waals surface area contributed by atoms with E-state index in [9.17, 15) is 4.79 Å². The molecule has 1 aliphatic carbocycles. The first-order valence-electron chi connectivity index (χ1n) is 5.46. The van der Waals surface area contributed by atoms with E-state index in [0.29, 0.717) is 11.7 Å². The molecule has 0 atom stereocenters. The number of hydrogen-bond donors (Lipinski definition) is 1. The molecule has 0 spiro atoms. The Morgan fingerprint density at radius 1 is 1.41 bits per heavy atom. The molecule has 1 fully saturated rings. The van der Waals surface area contributed by atoms with E-state index in [-0.39, 0.29) is 5.56 Å². The van der Waals surface area contributed by atoms with Gasteiger partial charge in [0.15, 0.2) is 0 Å². The molecule has 1 N–H and O–H groups in total. The van der Waals surface area contributed by atoms with Gasteiger partial charge in [-0.05, 0) is 47.6 Å². The van der Waals surface area contributed by atoms with Crippen molar-refractivity contribution in [3.8, 4) is 11.4 Å². The van der Waals surface area contributed by atoms with E-state index in [1.54, 1.807) is 12.4 Å². The zero-order valence-corrected chi connectivity index (χ0v) is 11.1. The van der Waals surface area contributed by atoms with Crippen molar-refractivity contribution in [3.63, 3.8) is 0 Å². The third-order valence-corrected chi connectivity index (χ3v) is 3.83. The third kappa shape index (κ3) is 2.11. The number of nitrogens with one attached hydrogen (secondary N) is 1. The summed E-state index contributed by atoms with van der Waals surface area (Å²) in [5.41, 5.74) is 1.73. The largest absolute Gasteiger partial charge is 0.306 e. The topological polar surface area (TPSA) is 58.6 Å². The maximum Gasteiger partial charge on any atom is 0.264 e. The first-order chi connectivity index (χ1) is 8.25. The lowest BCUT2D eigenvalue weighted by atomic mass is 10.2. The summed E-state index contributed by atoms with van der Waals surface area (Å²) in [4.78, 5) is 23.2. The van der Waals surface area contributed by atoms with E-state index in [1.165, 1.54) is 0 Å². The van der Waals surface area contributed by atoms with Crippen LogP contribution in [0.4, 0.5) is 0 Å². The predicted molar refractivity (Wildman–Crippen MR) is 72.8 cm³/mol. The highest BCUT2D eigenvalue weighted by molar-refractivity contribution is 14.1.